The Balaban J connectivity index is 2.26. The highest BCUT2D eigenvalue weighted by molar-refractivity contribution is 6.35. The summed E-state index contributed by atoms with van der Waals surface area (Å²) in [6, 6.07) is 9.95. The highest BCUT2D eigenvalue weighted by atomic mass is 35.5. The Morgan fingerprint density at radius 3 is 2.50 bits per heavy atom. The van der Waals surface area contributed by atoms with Gasteiger partial charge in [0.05, 0.1) is 5.69 Å². The summed E-state index contributed by atoms with van der Waals surface area (Å²) in [7, 11) is 0. The predicted octanol–water partition coefficient (Wildman–Crippen LogP) is 6.04. The summed E-state index contributed by atoms with van der Waals surface area (Å²) in [4.78, 5) is 3.61. The minimum absolute atomic E-state index is 0.689. The molecule has 0 aliphatic heterocycles. The molecule has 0 radical (unpaired) electrons. The van der Waals surface area contributed by atoms with Gasteiger partial charge < -0.3 is 10.7 Å². The number of benzene rings is 2. The molecule has 4 heteroatoms. The molecule has 3 rings (SSSR count). The van der Waals surface area contributed by atoms with E-state index >= 15 is 0 Å². The first kappa shape index (κ1) is 17.3. The number of rotatable bonds is 5. The van der Waals surface area contributed by atoms with Crippen molar-refractivity contribution >= 4 is 34.1 Å². The van der Waals surface area contributed by atoms with Crippen LogP contribution in [0, 0.1) is 13.8 Å². The Morgan fingerprint density at radius 1 is 1.00 bits per heavy atom. The van der Waals surface area contributed by atoms with Gasteiger partial charge in [-0.3, -0.25) is 0 Å². The van der Waals surface area contributed by atoms with Crippen LogP contribution < -0.4 is 5.73 Å². The van der Waals surface area contributed by atoms with E-state index in [0.29, 0.717) is 16.6 Å². The van der Waals surface area contributed by atoms with E-state index in [-0.39, 0.29) is 0 Å². The molecule has 0 saturated carbocycles. The van der Waals surface area contributed by atoms with Crippen molar-refractivity contribution in [3.63, 3.8) is 0 Å². The maximum absolute atomic E-state index is 6.47. The topological polar surface area (TPSA) is 41.8 Å². The van der Waals surface area contributed by atoms with Crippen molar-refractivity contribution in [2.45, 2.75) is 33.1 Å². The quantitative estimate of drug-likeness (QED) is 0.535. The van der Waals surface area contributed by atoms with Crippen LogP contribution in [0.25, 0.3) is 22.2 Å². The molecule has 1 aromatic heterocycles. The van der Waals surface area contributed by atoms with Crippen LogP contribution in [0.3, 0.4) is 0 Å². The number of fused-ring (bicyclic) bond motifs is 1. The second kappa shape index (κ2) is 7.18. The van der Waals surface area contributed by atoms with Crippen molar-refractivity contribution in [2.24, 2.45) is 5.73 Å². The maximum atomic E-state index is 6.47. The van der Waals surface area contributed by atoms with Crippen LogP contribution in [-0.4, -0.2) is 11.5 Å². The van der Waals surface area contributed by atoms with E-state index < -0.39 is 0 Å². The van der Waals surface area contributed by atoms with E-state index in [2.05, 4.69) is 31.0 Å². The van der Waals surface area contributed by atoms with Gasteiger partial charge in [0.25, 0.3) is 0 Å². The van der Waals surface area contributed by atoms with E-state index in [1.54, 1.807) is 0 Å². The van der Waals surface area contributed by atoms with Crippen LogP contribution in [0.2, 0.25) is 10.0 Å². The lowest BCUT2D eigenvalue weighted by Crippen LogP contribution is -1.99. The normalized spacial score (nSPS) is 11.4. The second-order valence-corrected chi connectivity index (χ2v) is 7.14. The molecule has 0 unspecified atom stereocenters. The fourth-order valence-electron chi connectivity index (χ4n) is 3.30. The van der Waals surface area contributed by atoms with Gasteiger partial charge in [-0.05, 0) is 74.5 Å². The molecule has 126 valence electrons. The monoisotopic (exact) mass is 360 g/mol. The summed E-state index contributed by atoms with van der Waals surface area (Å²) in [5.41, 5.74) is 12.7. The lowest BCUT2D eigenvalue weighted by Gasteiger charge is -2.08. The zero-order chi connectivity index (χ0) is 17.3. The molecule has 0 amide bonds. The lowest BCUT2D eigenvalue weighted by molar-refractivity contribution is 0.748. The summed E-state index contributed by atoms with van der Waals surface area (Å²) >= 11 is 12.7. The third-order valence-electron chi connectivity index (χ3n) is 4.55. The minimum Gasteiger partial charge on any atom is -0.354 e. The molecule has 2 aromatic carbocycles. The number of aromatic amines is 1. The van der Waals surface area contributed by atoms with Gasteiger partial charge in [0.2, 0.25) is 0 Å². The van der Waals surface area contributed by atoms with Crippen LogP contribution in [0.15, 0.2) is 30.3 Å². The Bertz CT molecular complexity index is 881. The summed E-state index contributed by atoms with van der Waals surface area (Å²) in [6.07, 6.45) is 3.04. The standard InChI is InChI=1S/C20H22Cl2N2/c1-12-6-7-13(2)19-18(12)15(5-3-4-10-23)20(24-19)16-11-14(21)8-9-17(16)22/h6-9,11,24H,3-5,10,23H2,1-2H3. The summed E-state index contributed by atoms with van der Waals surface area (Å²) in [5.74, 6) is 0. The predicted molar refractivity (Wildman–Crippen MR) is 105 cm³/mol. The molecule has 0 atom stereocenters. The Morgan fingerprint density at radius 2 is 1.75 bits per heavy atom. The van der Waals surface area contributed by atoms with Crippen molar-refractivity contribution in [3.8, 4) is 11.3 Å². The molecule has 0 saturated heterocycles. The van der Waals surface area contributed by atoms with Crippen molar-refractivity contribution in [2.75, 3.05) is 6.54 Å². The first-order valence-electron chi connectivity index (χ1n) is 8.29. The molecule has 2 nitrogen and oxygen atoms in total. The molecule has 0 aliphatic carbocycles. The number of unbranched alkanes of at least 4 members (excludes halogenated alkanes) is 1. The first-order chi connectivity index (χ1) is 11.5. The smallest absolute Gasteiger partial charge is 0.0513 e. The highest BCUT2D eigenvalue weighted by Gasteiger charge is 2.18. The largest absolute Gasteiger partial charge is 0.354 e. The van der Waals surface area contributed by atoms with Gasteiger partial charge in [0.1, 0.15) is 0 Å². The van der Waals surface area contributed by atoms with E-state index in [0.717, 1.165) is 30.5 Å². The molecule has 3 N–H and O–H groups in total. The van der Waals surface area contributed by atoms with Crippen molar-refractivity contribution in [1.82, 2.24) is 4.98 Å². The summed E-state index contributed by atoms with van der Waals surface area (Å²) < 4.78 is 0. The van der Waals surface area contributed by atoms with Crippen LogP contribution in [0.4, 0.5) is 0 Å². The average Bonchev–Trinajstić information content (AvgIpc) is 2.94. The van der Waals surface area contributed by atoms with E-state index in [9.17, 15) is 0 Å². The minimum atomic E-state index is 0.689. The van der Waals surface area contributed by atoms with Gasteiger partial charge in [-0.15, -0.1) is 0 Å². The second-order valence-electron chi connectivity index (χ2n) is 6.30. The van der Waals surface area contributed by atoms with Crippen molar-refractivity contribution in [1.29, 1.82) is 0 Å². The lowest BCUT2D eigenvalue weighted by atomic mass is 9.97. The van der Waals surface area contributed by atoms with Gasteiger partial charge in [-0.25, -0.2) is 0 Å². The number of nitrogens with one attached hydrogen (secondary N) is 1. The first-order valence-corrected chi connectivity index (χ1v) is 9.04. The fraction of sp³-hybridized carbons (Fsp3) is 0.300. The molecular weight excluding hydrogens is 339 g/mol. The Hall–Kier alpha value is -1.48. The third-order valence-corrected chi connectivity index (χ3v) is 5.12. The van der Waals surface area contributed by atoms with Crippen molar-refractivity contribution < 1.29 is 0 Å². The average molecular weight is 361 g/mol. The zero-order valence-corrected chi connectivity index (χ0v) is 15.6. The number of aromatic nitrogens is 1. The molecule has 3 aromatic rings. The molecule has 1 heterocycles. The molecule has 0 bridgehead atoms. The highest BCUT2D eigenvalue weighted by Crippen LogP contribution is 2.38. The van der Waals surface area contributed by atoms with Gasteiger partial charge in [-0.2, -0.15) is 0 Å². The van der Waals surface area contributed by atoms with Crippen molar-refractivity contribution in [3.05, 3.63) is 57.1 Å². The van der Waals surface area contributed by atoms with Crippen LogP contribution >= 0.6 is 23.2 Å². The number of hydrogen-bond acceptors (Lipinski definition) is 1. The third kappa shape index (κ3) is 3.19. The van der Waals surface area contributed by atoms with Gasteiger partial charge >= 0.3 is 0 Å². The summed E-state index contributed by atoms with van der Waals surface area (Å²) in [6.45, 7) is 5.00. The van der Waals surface area contributed by atoms with E-state index in [4.69, 9.17) is 28.9 Å². The van der Waals surface area contributed by atoms with E-state index in [1.165, 1.54) is 27.6 Å². The van der Waals surface area contributed by atoms with Gasteiger partial charge in [-0.1, -0.05) is 35.3 Å². The fourth-order valence-corrected chi connectivity index (χ4v) is 3.69. The molecule has 0 aliphatic rings. The Kier molecular flexibility index (Phi) is 5.19. The van der Waals surface area contributed by atoms with Crippen LogP contribution in [-0.2, 0) is 6.42 Å². The molecule has 0 spiro atoms. The molecule has 24 heavy (non-hydrogen) atoms. The van der Waals surface area contributed by atoms with E-state index in [1.807, 2.05) is 18.2 Å². The Labute approximate surface area is 153 Å². The number of aryl methyl sites for hydroxylation is 3. The zero-order valence-electron chi connectivity index (χ0n) is 14.0. The maximum Gasteiger partial charge on any atom is 0.0513 e. The van der Waals surface area contributed by atoms with Crippen LogP contribution in [0.5, 0.6) is 0 Å². The van der Waals surface area contributed by atoms with Gasteiger partial charge in [0, 0.05) is 26.5 Å². The SMILES string of the molecule is Cc1ccc(C)c2c(CCCCN)c(-c3cc(Cl)ccc3Cl)[nH]c12. The summed E-state index contributed by atoms with van der Waals surface area (Å²) in [5, 5.41) is 2.70. The van der Waals surface area contributed by atoms with Crippen LogP contribution in [0.1, 0.15) is 29.5 Å². The number of halogens is 2. The number of H-pyrrole nitrogens is 1. The molecule has 0 fully saturated rings. The van der Waals surface area contributed by atoms with Gasteiger partial charge in [0.15, 0.2) is 0 Å². The molecular formula is C20H22Cl2N2. The number of hydrogen-bond donors (Lipinski definition) is 2. The number of nitrogens with two attached hydrogens (primary N) is 1.